The first kappa shape index (κ1) is 16.4. The van der Waals surface area contributed by atoms with E-state index in [1.807, 2.05) is 18.3 Å². The summed E-state index contributed by atoms with van der Waals surface area (Å²) in [5.41, 5.74) is 4.50. The SMILES string of the molecule is N#Cc1cc(CCC2CC3(CCC3)C2)cc(Nc2ccc3cc[nH]c3c2)n1. The Morgan fingerprint density at radius 1 is 1.19 bits per heavy atom. The monoisotopic (exact) mass is 356 g/mol. The lowest BCUT2D eigenvalue weighted by molar-refractivity contribution is -0.0274. The maximum atomic E-state index is 9.36. The average Bonchev–Trinajstić information content (AvgIpc) is 3.06. The van der Waals surface area contributed by atoms with Crippen molar-refractivity contribution in [1.29, 1.82) is 5.26 Å². The van der Waals surface area contributed by atoms with Crippen LogP contribution in [0.25, 0.3) is 10.9 Å². The third kappa shape index (κ3) is 3.19. The zero-order chi connectivity index (χ0) is 18.3. The number of H-pyrrole nitrogens is 1. The van der Waals surface area contributed by atoms with Crippen molar-refractivity contribution in [2.75, 3.05) is 5.32 Å². The van der Waals surface area contributed by atoms with Gasteiger partial charge < -0.3 is 10.3 Å². The summed E-state index contributed by atoms with van der Waals surface area (Å²) in [4.78, 5) is 7.67. The van der Waals surface area contributed by atoms with Crippen molar-refractivity contribution in [1.82, 2.24) is 9.97 Å². The predicted octanol–water partition coefficient (Wildman–Crippen LogP) is 5.69. The van der Waals surface area contributed by atoms with Gasteiger partial charge in [0.1, 0.15) is 17.6 Å². The van der Waals surface area contributed by atoms with E-state index in [0.717, 1.165) is 34.8 Å². The number of pyridine rings is 1. The summed E-state index contributed by atoms with van der Waals surface area (Å²) in [7, 11) is 0. The smallest absolute Gasteiger partial charge is 0.143 e. The number of rotatable bonds is 5. The number of aromatic amines is 1. The maximum Gasteiger partial charge on any atom is 0.143 e. The molecule has 2 aromatic heterocycles. The lowest BCUT2D eigenvalue weighted by Crippen LogP contribution is -2.42. The second-order valence-corrected chi connectivity index (χ2v) is 8.43. The van der Waals surface area contributed by atoms with Gasteiger partial charge in [-0.1, -0.05) is 12.5 Å². The molecule has 0 amide bonds. The van der Waals surface area contributed by atoms with Crippen LogP contribution in [0.3, 0.4) is 0 Å². The van der Waals surface area contributed by atoms with E-state index < -0.39 is 0 Å². The molecule has 136 valence electrons. The zero-order valence-electron chi connectivity index (χ0n) is 15.5. The quantitative estimate of drug-likeness (QED) is 0.617. The van der Waals surface area contributed by atoms with Crippen molar-refractivity contribution in [3.63, 3.8) is 0 Å². The highest BCUT2D eigenvalue weighted by molar-refractivity contribution is 5.83. The summed E-state index contributed by atoms with van der Waals surface area (Å²) in [5, 5.41) is 13.9. The van der Waals surface area contributed by atoms with E-state index in [9.17, 15) is 5.26 Å². The molecule has 2 N–H and O–H groups in total. The highest BCUT2D eigenvalue weighted by atomic mass is 15.0. The first-order chi connectivity index (χ1) is 13.2. The number of aryl methyl sites for hydroxylation is 1. The van der Waals surface area contributed by atoms with E-state index in [0.29, 0.717) is 5.69 Å². The Hall–Kier alpha value is -2.80. The topological polar surface area (TPSA) is 64.5 Å². The molecule has 0 unspecified atom stereocenters. The van der Waals surface area contributed by atoms with Crippen LogP contribution < -0.4 is 5.32 Å². The van der Waals surface area contributed by atoms with Crippen LogP contribution in [0, 0.1) is 22.7 Å². The molecule has 1 aromatic carbocycles. The van der Waals surface area contributed by atoms with Crippen LogP contribution in [-0.4, -0.2) is 9.97 Å². The van der Waals surface area contributed by atoms with Crippen LogP contribution >= 0.6 is 0 Å². The molecule has 2 aliphatic carbocycles. The molecule has 0 atom stereocenters. The number of nitriles is 1. The largest absolute Gasteiger partial charge is 0.361 e. The van der Waals surface area contributed by atoms with Crippen molar-refractivity contribution >= 4 is 22.4 Å². The van der Waals surface area contributed by atoms with Crippen LogP contribution in [0.2, 0.25) is 0 Å². The molecule has 0 aliphatic heterocycles. The van der Waals surface area contributed by atoms with E-state index in [-0.39, 0.29) is 0 Å². The van der Waals surface area contributed by atoms with Gasteiger partial charge >= 0.3 is 0 Å². The van der Waals surface area contributed by atoms with E-state index >= 15 is 0 Å². The van der Waals surface area contributed by atoms with Crippen molar-refractivity contribution in [2.45, 2.75) is 44.9 Å². The molecule has 4 nitrogen and oxygen atoms in total. The lowest BCUT2D eigenvalue weighted by atomic mass is 9.51. The summed E-state index contributed by atoms with van der Waals surface area (Å²) >= 11 is 0. The number of benzene rings is 1. The number of nitrogens with one attached hydrogen (secondary N) is 2. The summed E-state index contributed by atoms with van der Waals surface area (Å²) < 4.78 is 0. The Kier molecular flexibility index (Phi) is 3.89. The van der Waals surface area contributed by atoms with E-state index in [2.05, 4.69) is 45.6 Å². The minimum atomic E-state index is 0.486. The first-order valence-electron chi connectivity index (χ1n) is 9.97. The molecule has 0 saturated heterocycles. The lowest BCUT2D eigenvalue weighted by Gasteiger charge is -2.54. The third-order valence-electron chi connectivity index (χ3n) is 6.53. The molecule has 2 fully saturated rings. The third-order valence-corrected chi connectivity index (χ3v) is 6.53. The number of nitrogens with zero attached hydrogens (tertiary/aromatic N) is 2. The van der Waals surface area contributed by atoms with Gasteiger partial charge in [0.2, 0.25) is 0 Å². The Morgan fingerprint density at radius 2 is 2.07 bits per heavy atom. The number of fused-ring (bicyclic) bond motifs is 1. The second kappa shape index (κ2) is 6.42. The molecular weight excluding hydrogens is 332 g/mol. The molecule has 0 bridgehead atoms. The minimum absolute atomic E-state index is 0.486. The van der Waals surface area contributed by atoms with Crippen LogP contribution in [0.5, 0.6) is 0 Å². The fourth-order valence-corrected chi connectivity index (χ4v) is 4.95. The van der Waals surface area contributed by atoms with E-state index in [1.54, 1.807) is 0 Å². The van der Waals surface area contributed by atoms with Gasteiger partial charge in [-0.05, 0) is 91.1 Å². The molecule has 1 spiro atoms. The summed E-state index contributed by atoms with van der Waals surface area (Å²) in [5.74, 6) is 1.62. The van der Waals surface area contributed by atoms with Gasteiger partial charge in [-0.2, -0.15) is 5.26 Å². The number of aromatic nitrogens is 2. The van der Waals surface area contributed by atoms with Crippen LogP contribution in [-0.2, 0) is 6.42 Å². The maximum absolute atomic E-state index is 9.36. The van der Waals surface area contributed by atoms with E-state index in [1.165, 1.54) is 49.5 Å². The highest BCUT2D eigenvalue weighted by Crippen LogP contribution is 2.59. The van der Waals surface area contributed by atoms with Crippen molar-refractivity contribution in [2.24, 2.45) is 11.3 Å². The Balaban J connectivity index is 1.29. The number of anilines is 2. The molecule has 2 saturated carbocycles. The number of hydrogen-bond acceptors (Lipinski definition) is 3. The minimum Gasteiger partial charge on any atom is -0.361 e. The van der Waals surface area contributed by atoms with Gasteiger partial charge in [0.15, 0.2) is 0 Å². The zero-order valence-corrected chi connectivity index (χ0v) is 15.5. The van der Waals surface area contributed by atoms with E-state index in [4.69, 9.17) is 0 Å². The van der Waals surface area contributed by atoms with Crippen molar-refractivity contribution < 1.29 is 0 Å². The van der Waals surface area contributed by atoms with Crippen LogP contribution in [0.15, 0.2) is 42.6 Å². The Bertz CT molecular complexity index is 1010. The standard InChI is InChI=1S/C23H24N4/c24-15-20-10-16(2-3-17-13-23(14-17)7-1-8-23)11-22(27-20)26-19-5-4-18-6-9-25-21(18)12-19/h4-6,9-12,17,25H,1-3,7-8,13-14H2,(H,26,27). The summed E-state index contributed by atoms with van der Waals surface area (Å²) in [6.45, 7) is 0. The van der Waals surface area contributed by atoms with Gasteiger partial charge in [0.05, 0.1) is 0 Å². The van der Waals surface area contributed by atoms with Crippen LogP contribution in [0.4, 0.5) is 11.5 Å². The molecule has 4 heteroatoms. The van der Waals surface area contributed by atoms with Gasteiger partial charge in [-0.15, -0.1) is 0 Å². The van der Waals surface area contributed by atoms with Crippen molar-refractivity contribution in [3.8, 4) is 6.07 Å². The second-order valence-electron chi connectivity index (χ2n) is 8.43. The number of hydrogen-bond donors (Lipinski definition) is 2. The first-order valence-corrected chi connectivity index (χ1v) is 9.97. The van der Waals surface area contributed by atoms with Gasteiger partial charge in [-0.3, -0.25) is 0 Å². The molecule has 27 heavy (non-hydrogen) atoms. The van der Waals surface area contributed by atoms with Crippen molar-refractivity contribution in [3.05, 3.63) is 53.9 Å². The average molecular weight is 356 g/mol. The normalized spacial score (nSPS) is 18.0. The summed E-state index contributed by atoms with van der Waals surface area (Å²) in [6, 6.07) is 14.5. The Labute approximate surface area is 159 Å². The molecule has 2 aliphatic rings. The fraction of sp³-hybridized carbons (Fsp3) is 0.391. The van der Waals surface area contributed by atoms with Gasteiger partial charge in [-0.25, -0.2) is 4.98 Å². The fourth-order valence-electron chi connectivity index (χ4n) is 4.95. The Morgan fingerprint density at radius 3 is 2.85 bits per heavy atom. The molecule has 3 aromatic rings. The molecule has 5 rings (SSSR count). The molecule has 0 radical (unpaired) electrons. The van der Waals surface area contributed by atoms with Crippen LogP contribution in [0.1, 0.15) is 49.8 Å². The molecule has 2 heterocycles. The highest BCUT2D eigenvalue weighted by Gasteiger charge is 2.47. The predicted molar refractivity (Wildman–Crippen MR) is 108 cm³/mol. The van der Waals surface area contributed by atoms with Gasteiger partial charge in [0.25, 0.3) is 0 Å². The summed E-state index contributed by atoms with van der Waals surface area (Å²) in [6.07, 6.45) is 11.4. The van der Waals surface area contributed by atoms with Gasteiger partial charge in [0, 0.05) is 17.4 Å². The molecular formula is C23H24N4.